The molecule has 0 heterocycles. The van der Waals surface area contributed by atoms with Crippen molar-refractivity contribution in [1.82, 2.24) is 5.32 Å². The second-order valence-electron chi connectivity index (χ2n) is 6.66. The van der Waals surface area contributed by atoms with E-state index in [9.17, 15) is 4.79 Å². The molecule has 3 N–H and O–H groups in total. The molecule has 5 heteroatoms. The summed E-state index contributed by atoms with van der Waals surface area (Å²) in [6.07, 6.45) is 6.60. The van der Waals surface area contributed by atoms with Gasteiger partial charge in [0.1, 0.15) is 0 Å². The molecule has 0 saturated heterocycles. The molecule has 2 atom stereocenters. The van der Waals surface area contributed by atoms with Gasteiger partial charge in [-0.2, -0.15) is 0 Å². The van der Waals surface area contributed by atoms with Crippen LogP contribution in [0.3, 0.4) is 0 Å². The molecule has 2 saturated carbocycles. The van der Waals surface area contributed by atoms with Gasteiger partial charge in [-0.1, -0.05) is 25.0 Å². The number of amides is 1. The summed E-state index contributed by atoms with van der Waals surface area (Å²) in [4.78, 5) is 12.3. The molecule has 0 aliphatic heterocycles. The molecule has 1 spiro atoms. The van der Waals surface area contributed by atoms with Crippen molar-refractivity contribution >= 4 is 24.0 Å². The van der Waals surface area contributed by atoms with Crippen LogP contribution in [-0.4, -0.2) is 24.7 Å². The van der Waals surface area contributed by atoms with Crippen molar-refractivity contribution in [3.63, 3.8) is 0 Å². The number of hydrogen-bond acceptors (Lipinski definition) is 3. The second kappa shape index (κ2) is 7.54. The Morgan fingerprint density at radius 3 is 2.57 bits per heavy atom. The van der Waals surface area contributed by atoms with Gasteiger partial charge in [0, 0.05) is 23.8 Å². The number of nitrogens with two attached hydrogens (primary N) is 1. The predicted octanol–water partition coefficient (Wildman–Crippen LogP) is 3.09. The van der Waals surface area contributed by atoms with E-state index in [0.29, 0.717) is 12.5 Å². The maximum Gasteiger partial charge on any atom is 0.224 e. The Kier molecular flexibility index (Phi) is 5.93. The zero-order valence-corrected chi connectivity index (χ0v) is 14.5. The molecule has 1 aromatic carbocycles. The SMILES string of the molecule is CCOC1CC(NC(=O)Cc2ccc(N)cc2)C12CCCC2.Cl. The molecule has 0 aromatic heterocycles. The van der Waals surface area contributed by atoms with Gasteiger partial charge in [-0.25, -0.2) is 0 Å². The van der Waals surface area contributed by atoms with E-state index in [1.165, 1.54) is 25.7 Å². The normalized spacial score (nSPS) is 24.7. The highest BCUT2D eigenvalue weighted by Gasteiger charge is 2.57. The lowest BCUT2D eigenvalue weighted by Gasteiger charge is -2.54. The summed E-state index contributed by atoms with van der Waals surface area (Å²) in [7, 11) is 0. The first kappa shape index (κ1) is 18.1. The third kappa shape index (κ3) is 3.64. The zero-order chi connectivity index (χ0) is 15.6. The second-order valence-corrected chi connectivity index (χ2v) is 6.66. The minimum atomic E-state index is 0. The van der Waals surface area contributed by atoms with Gasteiger partial charge in [0.25, 0.3) is 0 Å². The van der Waals surface area contributed by atoms with Crippen molar-refractivity contribution in [2.24, 2.45) is 5.41 Å². The van der Waals surface area contributed by atoms with Gasteiger partial charge in [0.05, 0.1) is 12.5 Å². The highest BCUT2D eigenvalue weighted by Crippen LogP contribution is 2.54. The molecule has 1 aromatic rings. The number of halogens is 1. The third-order valence-corrected chi connectivity index (χ3v) is 5.37. The van der Waals surface area contributed by atoms with Crippen LogP contribution in [0.2, 0.25) is 0 Å². The smallest absolute Gasteiger partial charge is 0.224 e. The predicted molar refractivity (Wildman–Crippen MR) is 94.7 cm³/mol. The number of ether oxygens (including phenoxy) is 1. The molecule has 2 unspecified atom stereocenters. The van der Waals surface area contributed by atoms with E-state index in [2.05, 4.69) is 12.2 Å². The number of nitrogen functional groups attached to an aromatic ring is 1. The van der Waals surface area contributed by atoms with Crippen LogP contribution in [0.1, 0.15) is 44.6 Å². The van der Waals surface area contributed by atoms with E-state index < -0.39 is 0 Å². The summed E-state index contributed by atoms with van der Waals surface area (Å²) < 4.78 is 5.89. The fourth-order valence-corrected chi connectivity index (χ4v) is 4.16. The van der Waals surface area contributed by atoms with Crippen molar-refractivity contribution in [2.45, 2.75) is 57.6 Å². The fourth-order valence-electron chi connectivity index (χ4n) is 4.16. The molecule has 23 heavy (non-hydrogen) atoms. The third-order valence-electron chi connectivity index (χ3n) is 5.37. The van der Waals surface area contributed by atoms with Crippen LogP contribution in [0.4, 0.5) is 5.69 Å². The van der Waals surface area contributed by atoms with Crippen LogP contribution in [0.25, 0.3) is 0 Å². The van der Waals surface area contributed by atoms with Gasteiger partial charge < -0.3 is 15.8 Å². The number of carbonyl (C=O) groups is 1. The molecule has 1 amide bonds. The van der Waals surface area contributed by atoms with Crippen LogP contribution in [-0.2, 0) is 16.0 Å². The van der Waals surface area contributed by atoms with Crippen LogP contribution < -0.4 is 11.1 Å². The van der Waals surface area contributed by atoms with E-state index in [1.807, 2.05) is 24.3 Å². The van der Waals surface area contributed by atoms with Gasteiger partial charge in [-0.05, 0) is 43.9 Å². The molecule has 128 valence electrons. The lowest BCUT2D eigenvalue weighted by atomic mass is 9.60. The zero-order valence-electron chi connectivity index (χ0n) is 13.7. The molecular weight excluding hydrogens is 312 g/mol. The Bertz CT molecular complexity index is 526. The summed E-state index contributed by atoms with van der Waals surface area (Å²) in [5.41, 5.74) is 7.61. The average Bonchev–Trinajstić information content (AvgIpc) is 3.01. The van der Waals surface area contributed by atoms with Crippen molar-refractivity contribution in [1.29, 1.82) is 0 Å². The Morgan fingerprint density at radius 2 is 1.96 bits per heavy atom. The molecule has 2 aliphatic carbocycles. The molecule has 4 nitrogen and oxygen atoms in total. The minimum absolute atomic E-state index is 0. The van der Waals surface area contributed by atoms with Gasteiger partial charge in [-0.15, -0.1) is 12.4 Å². The Balaban J connectivity index is 0.00000192. The van der Waals surface area contributed by atoms with Crippen molar-refractivity contribution in [3.8, 4) is 0 Å². The quantitative estimate of drug-likeness (QED) is 0.811. The summed E-state index contributed by atoms with van der Waals surface area (Å²) in [6, 6.07) is 7.81. The number of anilines is 1. The highest BCUT2D eigenvalue weighted by atomic mass is 35.5. The van der Waals surface area contributed by atoms with E-state index >= 15 is 0 Å². The standard InChI is InChI=1S/C18H26N2O2.ClH/c1-2-22-16-12-15(18(16)9-3-4-10-18)20-17(21)11-13-5-7-14(19)8-6-13;/h5-8,15-16H,2-4,9-12,19H2,1H3,(H,20,21);1H. The highest BCUT2D eigenvalue weighted by molar-refractivity contribution is 5.85. The summed E-state index contributed by atoms with van der Waals surface area (Å²) in [5.74, 6) is 0.107. The summed E-state index contributed by atoms with van der Waals surface area (Å²) in [5, 5.41) is 3.25. The number of hydrogen-bond donors (Lipinski definition) is 2. The Morgan fingerprint density at radius 1 is 1.30 bits per heavy atom. The average molecular weight is 339 g/mol. The number of nitrogens with one attached hydrogen (secondary N) is 1. The van der Waals surface area contributed by atoms with Crippen molar-refractivity contribution in [3.05, 3.63) is 29.8 Å². The number of rotatable bonds is 5. The first-order valence-corrected chi connectivity index (χ1v) is 8.39. The molecule has 2 aliphatic rings. The number of carbonyl (C=O) groups excluding carboxylic acids is 1. The first-order chi connectivity index (χ1) is 10.6. The minimum Gasteiger partial charge on any atom is -0.399 e. The van der Waals surface area contributed by atoms with Gasteiger partial charge in [-0.3, -0.25) is 4.79 Å². The van der Waals surface area contributed by atoms with Crippen molar-refractivity contribution < 1.29 is 9.53 Å². The lowest BCUT2D eigenvalue weighted by Crippen LogP contribution is -2.63. The van der Waals surface area contributed by atoms with Crippen LogP contribution >= 0.6 is 12.4 Å². The Labute approximate surface area is 144 Å². The summed E-state index contributed by atoms with van der Waals surface area (Å²) in [6.45, 7) is 2.81. The largest absolute Gasteiger partial charge is 0.399 e. The molecule has 0 radical (unpaired) electrons. The maximum atomic E-state index is 12.3. The van der Waals surface area contributed by atoms with E-state index in [0.717, 1.165) is 24.3 Å². The van der Waals surface area contributed by atoms with Gasteiger partial charge in [0.15, 0.2) is 0 Å². The van der Waals surface area contributed by atoms with Crippen LogP contribution in [0.15, 0.2) is 24.3 Å². The van der Waals surface area contributed by atoms with Crippen LogP contribution in [0.5, 0.6) is 0 Å². The molecular formula is C18H27ClN2O2. The van der Waals surface area contributed by atoms with Crippen molar-refractivity contribution in [2.75, 3.05) is 12.3 Å². The number of benzene rings is 1. The topological polar surface area (TPSA) is 64.3 Å². The lowest BCUT2D eigenvalue weighted by molar-refractivity contribution is -0.143. The first-order valence-electron chi connectivity index (χ1n) is 8.39. The monoisotopic (exact) mass is 338 g/mol. The van der Waals surface area contributed by atoms with Crippen LogP contribution in [0, 0.1) is 5.41 Å². The van der Waals surface area contributed by atoms with E-state index in [1.54, 1.807) is 0 Å². The molecule has 0 bridgehead atoms. The van der Waals surface area contributed by atoms with E-state index in [-0.39, 0.29) is 29.8 Å². The van der Waals surface area contributed by atoms with E-state index in [4.69, 9.17) is 10.5 Å². The molecule has 2 fully saturated rings. The maximum absolute atomic E-state index is 12.3. The Hall–Kier alpha value is -1.26. The fraction of sp³-hybridized carbons (Fsp3) is 0.611. The van der Waals surface area contributed by atoms with Gasteiger partial charge >= 0.3 is 0 Å². The summed E-state index contributed by atoms with van der Waals surface area (Å²) >= 11 is 0. The van der Waals surface area contributed by atoms with Gasteiger partial charge in [0.2, 0.25) is 5.91 Å². The molecule has 3 rings (SSSR count).